The number of piperidine rings is 1. The SMILES string of the molecule is CC1(C)OB(c2cccc(N3C(=O)CCCC3=O)c2Cl)OC1(C)C. The zero-order chi connectivity index (χ0) is 17.7. The van der Waals surface area contributed by atoms with E-state index in [0.717, 1.165) is 0 Å². The molecule has 0 radical (unpaired) electrons. The highest BCUT2D eigenvalue weighted by molar-refractivity contribution is 6.66. The number of halogens is 1. The van der Waals surface area contributed by atoms with Gasteiger partial charge in [-0.3, -0.25) is 9.59 Å². The van der Waals surface area contributed by atoms with Gasteiger partial charge in [-0.2, -0.15) is 0 Å². The van der Waals surface area contributed by atoms with Crippen LogP contribution in [0.3, 0.4) is 0 Å². The van der Waals surface area contributed by atoms with Crippen molar-refractivity contribution in [1.29, 1.82) is 0 Å². The van der Waals surface area contributed by atoms with Gasteiger partial charge >= 0.3 is 7.12 Å². The summed E-state index contributed by atoms with van der Waals surface area (Å²) in [4.78, 5) is 25.5. The summed E-state index contributed by atoms with van der Waals surface area (Å²) in [6.07, 6.45) is 1.29. The van der Waals surface area contributed by atoms with Gasteiger partial charge in [-0.25, -0.2) is 4.90 Å². The molecule has 0 unspecified atom stereocenters. The molecular weight excluding hydrogens is 328 g/mol. The summed E-state index contributed by atoms with van der Waals surface area (Å²) in [5, 5.41) is 0.319. The minimum Gasteiger partial charge on any atom is -0.399 e. The van der Waals surface area contributed by atoms with Gasteiger partial charge in [0.2, 0.25) is 11.8 Å². The van der Waals surface area contributed by atoms with Gasteiger partial charge in [0.15, 0.2) is 0 Å². The lowest BCUT2D eigenvalue weighted by Crippen LogP contribution is -2.42. The van der Waals surface area contributed by atoms with E-state index in [4.69, 9.17) is 20.9 Å². The number of carbonyl (C=O) groups is 2. The Morgan fingerprint density at radius 2 is 1.58 bits per heavy atom. The molecule has 128 valence electrons. The maximum atomic E-state index is 12.2. The molecule has 0 saturated carbocycles. The number of rotatable bonds is 2. The smallest absolute Gasteiger partial charge is 0.399 e. The lowest BCUT2D eigenvalue weighted by molar-refractivity contribution is -0.129. The second-order valence-corrected chi connectivity index (χ2v) is 7.62. The van der Waals surface area contributed by atoms with Crippen LogP contribution in [0.4, 0.5) is 5.69 Å². The molecule has 7 heteroatoms. The Morgan fingerprint density at radius 1 is 1.04 bits per heavy atom. The molecule has 2 saturated heterocycles. The molecule has 2 fully saturated rings. The second-order valence-electron chi connectivity index (χ2n) is 7.25. The predicted molar refractivity (Wildman–Crippen MR) is 93.5 cm³/mol. The van der Waals surface area contributed by atoms with Crippen LogP contribution in [0.25, 0.3) is 0 Å². The maximum absolute atomic E-state index is 12.2. The van der Waals surface area contributed by atoms with E-state index >= 15 is 0 Å². The summed E-state index contributed by atoms with van der Waals surface area (Å²) in [6.45, 7) is 7.84. The average molecular weight is 350 g/mol. The summed E-state index contributed by atoms with van der Waals surface area (Å²) >= 11 is 6.53. The van der Waals surface area contributed by atoms with Gasteiger partial charge in [-0.15, -0.1) is 0 Å². The fourth-order valence-corrected chi connectivity index (χ4v) is 3.18. The second kappa shape index (κ2) is 5.86. The van der Waals surface area contributed by atoms with Crippen LogP contribution in [0, 0.1) is 0 Å². The zero-order valence-corrected chi connectivity index (χ0v) is 15.1. The molecule has 0 aliphatic carbocycles. The van der Waals surface area contributed by atoms with Crippen molar-refractivity contribution < 1.29 is 18.9 Å². The highest BCUT2D eigenvalue weighted by Crippen LogP contribution is 2.38. The predicted octanol–water partition coefficient (Wildman–Crippen LogP) is 2.68. The molecule has 1 aromatic rings. The molecular formula is C17H21BClNO4. The van der Waals surface area contributed by atoms with Gasteiger partial charge in [0.1, 0.15) is 0 Å². The first-order chi connectivity index (χ1) is 11.1. The van der Waals surface area contributed by atoms with E-state index in [1.165, 1.54) is 4.90 Å². The molecule has 24 heavy (non-hydrogen) atoms. The van der Waals surface area contributed by atoms with Crippen molar-refractivity contribution in [2.75, 3.05) is 4.90 Å². The van der Waals surface area contributed by atoms with E-state index in [9.17, 15) is 9.59 Å². The molecule has 0 spiro atoms. The summed E-state index contributed by atoms with van der Waals surface area (Å²) in [5.41, 5.74) is 0.0409. The first-order valence-corrected chi connectivity index (χ1v) is 8.52. The molecule has 0 N–H and O–H groups in total. The van der Waals surface area contributed by atoms with E-state index < -0.39 is 18.3 Å². The quantitative estimate of drug-likeness (QED) is 0.608. The number of anilines is 1. The third kappa shape index (κ3) is 2.77. The third-order valence-electron chi connectivity index (χ3n) is 5.04. The fourth-order valence-electron chi connectivity index (χ4n) is 2.88. The summed E-state index contributed by atoms with van der Waals surface area (Å²) < 4.78 is 12.1. The monoisotopic (exact) mass is 349 g/mol. The molecule has 0 bridgehead atoms. The van der Waals surface area contributed by atoms with Crippen molar-refractivity contribution in [1.82, 2.24) is 0 Å². The van der Waals surface area contributed by atoms with Crippen LogP contribution in [0.5, 0.6) is 0 Å². The number of hydrogen-bond donors (Lipinski definition) is 0. The highest BCUT2D eigenvalue weighted by Gasteiger charge is 2.52. The van der Waals surface area contributed by atoms with Crippen LogP contribution in [0.1, 0.15) is 47.0 Å². The Bertz CT molecular complexity index is 672. The molecule has 2 aliphatic heterocycles. The normalized spacial score (nSPS) is 23.0. The van der Waals surface area contributed by atoms with Gasteiger partial charge in [0.25, 0.3) is 0 Å². The van der Waals surface area contributed by atoms with Crippen molar-refractivity contribution in [2.24, 2.45) is 0 Å². The number of benzene rings is 1. The third-order valence-corrected chi connectivity index (χ3v) is 5.45. The minimum atomic E-state index is -0.641. The number of hydrogen-bond acceptors (Lipinski definition) is 4. The molecule has 2 amide bonds. The van der Waals surface area contributed by atoms with Crippen LogP contribution in [0.2, 0.25) is 5.02 Å². The van der Waals surface area contributed by atoms with E-state index in [0.29, 0.717) is 35.4 Å². The Labute approximate surface area is 147 Å². The van der Waals surface area contributed by atoms with Crippen molar-refractivity contribution in [3.63, 3.8) is 0 Å². The molecule has 1 aromatic carbocycles. The number of carbonyl (C=O) groups excluding carboxylic acids is 2. The zero-order valence-electron chi connectivity index (χ0n) is 14.4. The number of imide groups is 1. The molecule has 2 aliphatic rings. The fraction of sp³-hybridized carbons (Fsp3) is 0.529. The number of amides is 2. The van der Waals surface area contributed by atoms with E-state index in [1.807, 2.05) is 27.7 Å². The van der Waals surface area contributed by atoms with Crippen LogP contribution < -0.4 is 10.4 Å². The van der Waals surface area contributed by atoms with Crippen molar-refractivity contribution in [3.05, 3.63) is 23.2 Å². The lowest BCUT2D eigenvalue weighted by Gasteiger charge is -2.32. The summed E-state index contributed by atoms with van der Waals surface area (Å²) in [7, 11) is -0.641. The Hall–Kier alpha value is -1.37. The largest absolute Gasteiger partial charge is 0.496 e. The van der Waals surface area contributed by atoms with Gasteiger partial charge in [0, 0.05) is 18.3 Å². The molecule has 5 nitrogen and oxygen atoms in total. The highest BCUT2D eigenvalue weighted by atomic mass is 35.5. The molecule has 3 rings (SSSR count). The Kier molecular flexibility index (Phi) is 4.27. The standard InChI is InChI=1S/C17H21BClNO4/c1-16(2)17(3,4)24-18(23-16)11-7-5-8-12(15(11)19)20-13(21)9-6-10-14(20)22/h5,7-8H,6,9-10H2,1-4H3. The van der Waals surface area contributed by atoms with Crippen LogP contribution in [0.15, 0.2) is 18.2 Å². The topological polar surface area (TPSA) is 55.8 Å². The molecule has 0 aromatic heterocycles. The lowest BCUT2D eigenvalue weighted by atomic mass is 9.78. The van der Waals surface area contributed by atoms with Crippen molar-refractivity contribution in [2.45, 2.75) is 58.2 Å². The van der Waals surface area contributed by atoms with Gasteiger partial charge in [-0.05, 0) is 40.2 Å². The summed E-state index contributed by atoms with van der Waals surface area (Å²) in [6, 6.07) is 5.24. The first kappa shape index (κ1) is 17.5. The minimum absolute atomic E-state index is 0.223. The Balaban J connectivity index is 1.98. The van der Waals surface area contributed by atoms with Crippen LogP contribution in [-0.2, 0) is 18.9 Å². The Morgan fingerprint density at radius 3 is 2.12 bits per heavy atom. The van der Waals surface area contributed by atoms with Crippen LogP contribution >= 0.6 is 11.6 Å². The first-order valence-electron chi connectivity index (χ1n) is 8.14. The molecule has 2 heterocycles. The van der Waals surface area contributed by atoms with Crippen LogP contribution in [-0.4, -0.2) is 30.1 Å². The molecule has 0 atom stereocenters. The van der Waals surface area contributed by atoms with Crippen molar-refractivity contribution in [3.8, 4) is 0 Å². The van der Waals surface area contributed by atoms with E-state index in [1.54, 1.807) is 18.2 Å². The van der Waals surface area contributed by atoms with Gasteiger partial charge in [0.05, 0.1) is 21.9 Å². The van der Waals surface area contributed by atoms with Crippen molar-refractivity contribution >= 4 is 41.7 Å². The number of nitrogens with zero attached hydrogens (tertiary/aromatic N) is 1. The maximum Gasteiger partial charge on any atom is 0.496 e. The summed E-state index contributed by atoms with van der Waals surface area (Å²) in [5.74, 6) is -0.446. The van der Waals surface area contributed by atoms with Gasteiger partial charge < -0.3 is 9.31 Å². The van der Waals surface area contributed by atoms with E-state index in [2.05, 4.69) is 0 Å². The van der Waals surface area contributed by atoms with Gasteiger partial charge in [-0.1, -0.05) is 23.7 Å². The van der Waals surface area contributed by atoms with E-state index in [-0.39, 0.29) is 11.8 Å². The average Bonchev–Trinajstić information content (AvgIpc) is 2.68.